The van der Waals surface area contributed by atoms with Crippen LogP contribution in [0.2, 0.25) is 0 Å². The number of methoxy groups -OCH3 is 1. The molecule has 2 nitrogen and oxygen atoms in total. The minimum absolute atomic E-state index is 0.139. The highest BCUT2D eigenvalue weighted by Crippen LogP contribution is 2.49. The number of benzene rings is 2. The van der Waals surface area contributed by atoms with E-state index in [9.17, 15) is 0 Å². The summed E-state index contributed by atoms with van der Waals surface area (Å²) < 4.78 is 5.42. The van der Waals surface area contributed by atoms with Gasteiger partial charge in [0.05, 0.1) is 7.11 Å². The van der Waals surface area contributed by atoms with E-state index in [1.165, 1.54) is 35.6 Å². The van der Waals surface area contributed by atoms with E-state index in [4.69, 9.17) is 10.5 Å². The van der Waals surface area contributed by atoms with Gasteiger partial charge in [0.15, 0.2) is 0 Å². The van der Waals surface area contributed by atoms with Crippen molar-refractivity contribution < 1.29 is 4.74 Å². The summed E-state index contributed by atoms with van der Waals surface area (Å²) in [5.41, 5.74) is 8.17. The van der Waals surface area contributed by atoms with Gasteiger partial charge in [0, 0.05) is 11.5 Å². The molecule has 3 rings (SSSR count). The molecule has 0 spiro atoms. The van der Waals surface area contributed by atoms with E-state index < -0.39 is 0 Å². The molecule has 2 N–H and O–H groups in total. The van der Waals surface area contributed by atoms with Crippen molar-refractivity contribution in [2.45, 2.75) is 44.6 Å². The largest absolute Gasteiger partial charge is 0.497 e. The molecule has 0 heterocycles. The van der Waals surface area contributed by atoms with Crippen LogP contribution >= 0.6 is 0 Å². The van der Waals surface area contributed by atoms with Crippen LogP contribution in [0.4, 0.5) is 0 Å². The van der Waals surface area contributed by atoms with Gasteiger partial charge in [0.1, 0.15) is 5.75 Å². The summed E-state index contributed by atoms with van der Waals surface area (Å²) in [6.07, 6.45) is 3.67. The van der Waals surface area contributed by atoms with Gasteiger partial charge in [-0.3, -0.25) is 0 Å². The average Bonchev–Trinajstić information content (AvgIpc) is 2.45. The summed E-state index contributed by atoms with van der Waals surface area (Å²) in [6, 6.07) is 13.2. The fourth-order valence-corrected chi connectivity index (χ4v) is 3.79. The lowest BCUT2D eigenvalue weighted by Gasteiger charge is -2.49. The zero-order chi connectivity index (χ0) is 15.0. The fraction of sp³-hybridized carbons (Fsp3) is 0.474. The van der Waals surface area contributed by atoms with Crippen molar-refractivity contribution in [3.05, 3.63) is 42.0 Å². The van der Waals surface area contributed by atoms with E-state index in [-0.39, 0.29) is 11.5 Å². The maximum Gasteiger partial charge on any atom is 0.119 e. The molecule has 112 valence electrons. The summed E-state index contributed by atoms with van der Waals surface area (Å²) in [7, 11) is 1.72. The number of ether oxygens (including phenoxy) is 1. The van der Waals surface area contributed by atoms with Gasteiger partial charge in [-0.15, -0.1) is 0 Å². The third kappa shape index (κ3) is 2.22. The number of rotatable bonds is 4. The van der Waals surface area contributed by atoms with Crippen LogP contribution in [-0.2, 0) is 5.41 Å². The predicted molar refractivity (Wildman–Crippen MR) is 88.8 cm³/mol. The van der Waals surface area contributed by atoms with Crippen molar-refractivity contribution in [2.24, 2.45) is 11.7 Å². The minimum Gasteiger partial charge on any atom is -0.497 e. The van der Waals surface area contributed by atoms with E-state index in [2.05, 4.69) is 44.2 Å². The highest BCUT2D eigenvalue weighted by atomic mass is 16.5. The first-order valence-electron chi connectivity index (χ1n) is 7.91. The van der Waals surface area contributed by atoms with Gasteiger partial charge in [0.2, 0.25) is 0 Å². The molecule has 1 atom stereocenters. The van der Waals surface area contributed by atoms with Crippen LogP contribution in [0.15, 0.2) is 36.4 Å². The molecule has 0 amide bonds. The summed E-state index contributed by atoms with van der Waals surface area (Å²) in [4.78, 5) is 0. The lowest BCUT2D eigenvalue weighted by atomic mass is 9.57. The Morgan fingerprint density at radius 2 is 1.90 bits per heavy atom. The first kappa shape index (κ1) is 14.4. The fourth-order valence-electron chi connectivity index (χ4n) is 3.79. The van der Waals surface area contributed by atoms with E-state index >= 15 is 0 Å². The summed E-state index contributed by atoms with van der Waals surface area (Å²) in [5.74, 6) is 1.41. The third-order valence-corrected chi connectivity index (χ3v) is 5.23. The number of hydrogen-bond donors (Lipinski definition) is 1. The average molecular weight is 283 g/mol. The molecule has 2 aromatic rings. The Bertz CT molecular complexity index is 643. The molecule has 1 saturated carbocycles. The van der Waals surface area contributed by atoms with Crippen molar-refractivity contribution in [3.63, 3.8) is 0 Å². The monoisotopic (exact) mass is 283 g/mol. The third-order valence-electron chi connectivity index (χ3n) is 5.23. The molecule has 2 aromatic carbocycles. The first-order valence-corrected chi connectivity index (χ1v) is 7.91. The Morgan fingerprint density at radius 1 is 1.14 bits per heavy atom. The highest BCUT2D eigenvalue weighted by Gasteiger charge is 2.45. The van der Waals surface area contributed by atoms with Gasteiger partial charge in [0.25, 0.3) is 0 Å². The SMILES string of the molecule is COc1ccc2cccc(C3(C(N)C(C)C)CCC3)c2c1. The van der Waals surface area contributed by atoms with Crippen molar-refractivity contribution in [3.8, 4) is 5.75 Å². The van der Waals surface area contributed by atoms with Crippen molar-refractivity contribution in [1.29, 1.82) is 0 Å². The summed E-state index contributed by atoms with van der Waals surface area (Å²) >= 11 is 0. The highest BCUT2D eigenvalue weighted by molar-refractivity contribution is 5.88. The first-order chi connectivity index (χ1) is 10.1. The lowest BCUT2D eigenvalue weighted by Crippen LogP contribution is -2.53. The molecule has 2 heteroatoms. The van der Waals surface area contributed by atoms with E-state index in [0.717, 1.165) is 5.75 Å². The van der Waals surface area contributed by atoms with Gasteiger partial charge in [-0.1, -0.05) is 44.5 Å². The van der Waals surface area contributed by atoms with Crippen LogP contribution in [0, 0.1) is 5.92 Å². The van der Waals surface area contributed by atoms with Crippen LogP contribution in [-0.4, -0.2) is 13.2 Å². The molecule has 0 aliphatic heterocycles. The van der Waals surface area contributed by atoms with Gasteiger partial charge in [-0.05, 0) is 47.2 Å². The molecular weight excluding hydrogens is 258 g/mol. The lowest BCUT2D eigenvalue weighted by molar-refractivity contribution is 0.166. The molecule has 0 radical (unpaired) electrons. The van der Waals surface area contributed by atoms with Crippen LogP contribution in [0.1, 0.15) is 38.7 Å². The topological polar surface area (TPSA) is 35.2 Å². The smallest absolute Gasteiger partial charge is 0.119 e. The van der Waals surface area contributed by atoms with Crippen LogP contribution in [0.25, 0.3) is 10.8 Å². The Morgan fingerprint density at radius 3 is 2.48 bits per heavy atom. The van der Waals surface area contributed by atoms with Gasteiger partial charge >= 0.3 is 0 Å². The van der Waals surface area contributed by atoms with Crippen molar-refractivity contribution in [1.82, 2.24) is 0 Å². The normalized spacial score (nSPS) is 18.5. The van der Waals surface area contributed by atoms with E-state index in [0.29, 0.717) is 5.92 Å². The van der Waals surface area contributed by atoms with Gasteiger partial charge < -0.3 is 10.5 Å². The number of nitrogens with two attached hydrogens (primary N) is 1. The maximum absolute atomic E-state index is 6.62. The zero-order valence-corrected chi connectivity index (χ0v) is 13.2. The number of hydrogen-bond acceptors (Lipinski definition) is 2. The molecule has 21 heavy (non-hydrogen) atoms. The number of fused-ring (bicyclic) bond motifs is 1. The van der Waals surface area contributed by atoms with E-state index in [1.807, 2.05) is 6.07 Å². The molecule has 1 fully saturated rings. The second-order valence-corrected chi connectivity index (χ2v) is 6.67. The summed E-state index contributed by atoms with van der Waals surface area (Å²) in [6.45, 7) is 4.47. The van der Waals surface area contributed by atoms with E-state index in [1.54, 1.807) is 7.11 Å². The molecule has 0 aromatic heterocycles. The molecule has 0 bridgehead atoms. The molecule has 1 aliphatic carbocycles. The minimum atomic E-state index is 0.139. The Labute approximate surface area is 127 Å². The Hall–Kier alpha value is -1.54. The predicted octanol–water partition coefficient (Wildman–Crippen LogP) is 4.25. The molecule has 1 aliphatic rings. The van der Waals surface area contributed by atoms with Gasteiger partial charge in [-0.2, -0.15) is 0 Å². The van der Waals surface area contributed by atoms with Gasteiger partial charge in [-0.25, -0.2) is 0 Å². The maximum atomic E-state index is 6.62. The van der Waals surface area contributed by atoms with Crippen LogP contribution in [0.3, 0.4) is 0 Å². The Kier molecular flexibility index (Phi) is 3.66. The van der Waals surface area contributed by atoms with Crippen molar-refractivity contribution >= 4 is 10.8 Å². The molecule has 0 saturated heterocycles. The summed E-state index contributed by atoms with van der Waals surface area (Å²) in [5, 5.41) is 2.57. The second-order valence-electron chi connectivity index (χ2n) is 6.67. The second kappa shape index (κ2) is 5.34. The van der Waals surface area contributed by atoms with Crippen molar-refractivity contribution in [2.75, 3.05) is 7.11 Å². The standard InChI is InChI=1S/C19H25NO/c1-13(2)18(20)19(10-5-11-19)17-7-4-6-14-8-9-15(21-3)12-16(14)17/h4,6-9,12-13,18H,5,10-11,20H2,1-3H3. The zero-order valence-electron chi connectivity index (χ0n) is 13.2. The van der Waals surface area contributed by atoms with Crippen LogP contribution in [0.5, 0.6) is 5.75 Å². The quantitative estimate of drug-likeness (QED) is 0.910. The molecular formula is C19H25NO. The Balaban J connectivity index is 2.18. The van der Waals surface area contributed by atoms with Crippen LogP contribution < -0.4 is 10.5 Å². The molecule has 1 unspecified atom stereocenters.